The Labute approximate surface area is 124 Å². The molecule has 0 saturated heterocycles. The number of rotatable bonds is 6. The van der Waals surface area contributed by atoms with Gasteiger partial charge in [-0.1, -0.05) is 25.7 Å². The average molecular weight is 280 g/mol. The van der Waals surface area contributed by atoms with Crippen molar-refractivity contribution in [1.82, 2.24) is 5.43 Å². The second-order valence-electron chi connectivity index (χ2n) is 7.45. The molecule has 2 bridgehead atoms. The number of hydrazine groups is 1. The molecule has 3 saturated carbocycles. The molecule has 4 unspecified atom stereocenters. The van der Waals surface area contributed by atoms with Gasteiger partial charge in [0.2, 0.25) is 0 Å². The summed E-state index contributed by atoms with van der Waals surface area (Å²) in [6, 6.07) is 0.354. The first-order valence-electron chi connectivity index (χ1n) is 8.87. The van der Waals surface area contributed by atoms with Gasteiger partial charge in [-0.25, -0.2) is 0 Å². The number of nitrogens with two attached hydrogens (primary N) is 1. The Morgan fingerprint density at radius 3 is 2.55 bits per heavy atom. The molecular formula is C17H32N2O. The van der Waals surface area contributed by atoms with E-state index < -0.39 is 0 Å². The Kier molecular flexibility index (Phi) is 4.68. The maximum Gasteiger partial charge on any atom is 0.0848 e. The van der Waals surface area contributed by atoms with Gasteiger partial charge in [0.05, 0.1) is 11.6 Å². The standard InChI is InChI=1S/C17H32N2O/c1-2-20-17(8-4-3-5-9-17)16(19-18)12-15-11-13-6-7-14(15)10-13/h13-16,19H,2-12,18H2,1H3. The number of hydrogen-bond acceptors (Lipinski definition) is 3. The number of ether oxygens (including phenoxy) is 1. The van der Waals surface area contributed by atoms with Crippen molar-refractivity contribution in [3.05, 3.63) is 0 Å². The zero-order valence-corrected chi connectivity index (χ0v) is 13.1. The Balaban J connectivity index is 1.66. The highest BCUT2D eigenvalue weighted by Gasteiger charge is 2.45. The van der Waals surface area contributed by atoms with E-state index in [-0.39, 0.29) is 5.60 Å². The molecule has 0 amide bonds. The second-order valence-corrected chi connectivity index (χ2v) is 7.45. The van der Waals surface area contributed by atoms with Gasteiger partial charge in [-0.3, -0.25) is 11.3 Å². The third-order valence-corrected chi connectivity index (χ3v) is 6.39. The number of fused-ring (bicyclic) bond motifs is 2. The van der Waals surface area contributed by atoms with E-state index in [2.05, 4.69) is 12.3 Å². The Morgan fingerprint density at radius 2 is 2.00 bits per heavy atom. The molecule has 0 aromatic heterocycles. The van der Waals surface area contributed by atoms with Crippen LogP contribution >= 0.6 is 0 Å². The van der Waals surface area contributed by atoms with E-state index in [1.54, 1.807) is 0 Å². The van der Waals surface area contributed by atoms with Crippen LogP contribution in [-0.2, 0) is 4.74 Å². The lowest BCUT2D eigenvalue weighted by Crippen LogP contribution is -2.56. The Morgan fingerprint density at radius 1 is 1.20 bits per heavy atom. The molecule has 4 atom stereocenters. The van der Waals surface area contributed by atoms with Crippen molar-refractivity contribution >= 4 is 0 Å². The van der Waals surface area contributed by atoms with Gasteiger partial charge in [-0.2, -0.15) is 0 Å². The van der Waals surface area contributed by atoms with E-state index in [4.69, 9.17) is 10.6 Å². The molecule has 0 aromatic rings. The highest BCUT2D eigenvalue weighted by atomic mass is 16.5. The van der Waals surface area contributed by atoms with Crippen molar-refractivity contribution in [3.63, 3.8) is 0 Å². The van der Waals surface area contributed by atoms with Gasteiger partial charge in [0.25, 0.3) is 0 Å². The van der Waals surface area contributed by atoms with Crippen LogP contribution in [-0.4, -0.2) is 18.2 Å². The van der Waals surface area contributed by atoms with Crippen molar-refractivity contribution in [2.45, 2.75) is 82.8 Å². The lowest BCUT2D eigenvalue weighted by molar-refractivity contribution is -0.0955. The molecule has 3 N–H and O–H groups in total. The highest BCUT2D eigenvalue weighted by molar-refractivity contribution is 4.99. The number of nitrogens with one attached hydrogen (secondary N) is 1. The molecule has 3 fully saturated rings. The lowest BCUT2D eigenvalue weighted by Gasteiger charge is -2.44. The summed E-state index contributed by atoms with van der Waals surface area (Å²) in [6.45, 7) is 2.94. The smallest absolute Gasteiger partial charge is 0.0848 e. The molecule has 3 heteroatoms. The molecule has 3 nitrogen and oxygen atoms in total. The van der Waals surface area contributed by atoms with Crippen molar-refractivity contribution in [2.24, 2.45) is 23.6 Å². The van der Waals surface area contributed by atoms with Crippen LogP contribution in [0.2, 0.25) is 0 Å². The molecule has 3 aliphatic carbocycles. The lowest BCUT2D eigenvalue weighted by atomic mass is 9.74. The monoisotopic (exact) mass is 280 g/mol. The fourth-order valence-electron chi connectivity index (χ4n) is 5.43. The quantitative estimate of drug-likeness (QED) is 0.579. The Bertz CT molecular complexity index is 309. The minimum absolute atomic E-state index is 0.0174. The van der Waals surface area contributed by atoms with Gasteiger partial charge in [-0.05, 0) is 63.2 Å². The van der Waals surface area contributed by atoms with Gasteiger partial charge in [-0.15, -0.1) is 0 Å². The summed E-state index contributed by atoms with van der Waals surface area (Å²) in [5.74, 6) is 8.87. The van der Waals surface area contributed by atoms with Crippen LogP contribution < -0.4 is 11.3 Å². The maximum atomic E-state index is 6.27. The van der Waals surface area contributed by atoms with Crippen LogP contribution in [0.25, 0.3) is 0 Å². The third-order valence-electron chi connectivity index (χ3n) is 6.39. The van der Waals surface area contributed by atoms with Gasteiger partial charge < -0.3 is 4.74 Å². The predicted molar refractivity (Wildman–Crippen MR) is 82.1 cm³/mol. The first-order chi connectivity index (χ1) is 9.77. The van der Waals surface area contributed by atoms with Crippen molar-refractivity contribution in [2.75, 3.05) is 6.61 Å². The van der Waals surface area contributed by atoms with Crippen LogP contribution in [0.4, 0.5) is 0 Å². The van der Waals surface area contributed by atoms with Gasteiger partial charge in [0.15, 0.2) is 0 Å². The summed E-state index contributed by atoms with van der Waals surface area (Å²) < 4.78 is 6.27. The van der Waals surface area contributed by atoms with Crippen molar-refractivity contribution in [1.29, 1.82) is 0 Å². The molecule has 3 aliphatic rings. The summed E-state index contributed by atoms with van der Waals surface area (Å²) in [6.07, 6.45) is 13.5. The summed E-state index contributed by atoms with van der Waals surface area (Å²) in [5, 5.41) is 0. The molecule has 20 heavy (non-hydrogen) atoms. The minimum atomic E-state index is 0.0174. The summed E-state index contributed by atoms with van der Waals surface area (Å²) >= 11 is 0. The second kappa shape index (κ2) is 6.33. The van der Waals surface area contributed by atoms with Crippen LogP contribution in [0.1, 0.15) is 71.1 Å². The van der Waals surface area contributed by atoms with Crippen LogP contribution in [0.15, 0.2) is 0 Å². The fourth-order valence-corrected chi connectivity index (χ4v) is 5.43. The molecule has 0 radical (unpaired) electrons. The van der Waals surface area contributed by atoms with Crippen LogP contribution in [0, 0.1) is 17.8 Å². The average Bonchev–Trinajstić information content (AvgIpc) is 3.08. The zero-order valence-electron chi connectivity index (χ0n) is 13.1. The molecule has 0 spiro atoms. The normalized spacial score (nSPS) is 37.2. The SMILES string of the molecule is CCOC1(C(CC2CC3CCC2C3)NN)CCCCC1. The van der Waals surface area contributed by atoms with E-state index >= 15 is 0 Å². The first kappa shape index (κ1) is 14.8. The molecule has 0 aromatic carbocycles. The van der Waals surface area contributed by atoms with Crippen molar-refractivity contribution in [3.8, 4) is 0 Å². The summed E-state index contributed by atoms with van der Waals surface area (Å²) in [5.41, 5.74) is 3.18. The number of hydrogen-bond donors (Lipinski definition) is 2. The van der Waals surface area contributed by atoms with Gasteiger partial charge in [0, 0.05) is 6.61 Å². The highest BCUT2D eigenvalue weighted by Crippen LogP contribution is 2.51. The minimum Gasteiger partial charge on any atom is -0.374 e. The van der Waals surface area contributed by atoms with Crippen LogP contribution in [0.5, 0.6) is 0 Å². The predicted octanol–water partition coefficient (Wildman–Crippen LogP) is 3.38. The molecule has 0 heterocycles. The van der Waals surface area contributed by atoms with E-state index in [1.807, 2.05) is 0 Å². The topological polar surface area (TPSA) is 47.3 Å². The van der Waals surface area contributed by atoms with Crippen molar-refractivity contribution < 1.29 is 4.74 Å². The van der Waals surface area contributed by atoms with E-state index in [0.29, 0.717) is 6.04 Å². The zero-order chi connectivity index (χ0) is 14.0. The first-order valence-corrected chi connectivity index (χ1v) is 8.87. The molecule has 0 aliphatic heterocycles. The summed E-state index contributed by atoms with van der Waals surface area (Å²) in [4.78, 5) is 0. The summed E-state index contributed by atoms with van der Waals surface area (Å²) in [7, 11) is 0. The maximum absolute atomic E-state index is 6.27. The molecule has 3 rings (SSSR count). The molecular weight excluding hydrogens is 248 g/mol. The van der Waals surface area contributed by atoms with E-state index in [1.165, 1.54) is 64.2 Å². The van der Waals surface area contributed by atoms with E-state index in [0.717, 1.165) is 24.4 Å². The van der Waals surface area contributed by atoms with Gasteiger partial charge >= 0.3 is 0 Å². The molecule has 116 valence electrons. The van der Waals surface area contributed by atoms with E-state index in [9.17, 15) is 0 Å². The third kappa shape index (κ3) is 2.77. The Hall–Kier alpha value is -0.120. The largest absolute Gasteiger partial charge is 0.374 e. The fraction of sp³-hybridized carbons (Fsp3) is 1.00. The van der Waals surface area contributed by atoms with Gasteiger partial charge in [0.1, 0.15) is 0 Å². The van der Waals surface area contributed by atoms with Crippen LogP contribution in [0.3, 0.4) is 0 Å².